The van der Waals surface area contributed by atoms with Crippen molar-refractivity contribution in [1.29, 1.82) is 0 Å². The van der Waals surface area contributed by atoms with Gasteiger partial charge in [-0.15, -0.1) is 0 Å². The highest BCUT2D eigenvalue weighted by molar-refractivity contribution is 6.08. The summed E-state index contributed by atoms with van der Waals surface area (Å²) in [4.78, 5) is 24.4. The molecule has 1 aliphatic heterocycles. The standard InChI is InChI=1S/C10H13N3O4/c1-13(2)3-5-9(14)12-7-6(11-5)4-17-8(7)10(15)16/h4-5,11H,3H2,1-2H3,(H,12,14)(H,15,16). The lowest BCUT2D eigenvalue weighted by Crippen LogP contribution is -2.45. The number of carboxylic acids is 1. The topological polar surface area (TPSA) is 94.8 Å². The molecule has 1 aromatic rings. The summed E-state index contributed by atoms with van der Waals surface area (Å²) >= 11 is 0. The molecule has 0 spiro atoms. The Morgan fingerprint density at radius 3 is 2.88 bits per heavy atom. The third kappa shape index (κ3) is 2.09. The van der Waals surface area contributed by atoms with Crippen molar-refractivity contribution < 1.29 is 19.1 Å². The van der Waals surface area contributed by atoms with Gasteiger partial charge in [-0.25, -0.2) is 4.79 Å². The molecule has 0 saturated carbocycles. The van der Waals surface area contributed by atoms with Crippen molar-refractivity contribution in [1.82, 2.24) is 4.90 Å². The highest BCUT2D eigenvalue weighted by Crippen LogP contribution is 2.32. The lowest BCUT2D eigenvalue weighted by atomic mass is 10.1. The summed E-state index contributed by atoms with van der Waals surface area (Å²) < 4.78 is 4.89. The Morgan fingerprint density at radius 1 is 1.59 bits per heavy atom. The molecule has 17 heavy (non-hydrogen) atoms. The zero-order valence-electron chi connectivity index (χ0n) is 9.48. The number of rotatable bonds is 3. The van der Waals surface area contributed by atoms with E-state index in [0.717, 1.165) is 0 Å². The van der Waals surface area contributed by atoms with Crippen LogP contribution in [0.25, 0.3) is 0 Å². The first-order chi connectivity index (χ1) is 7.99. The first kappa shape index (κ1) is 11.5. The Bertz CT molecular complexity index is 466. The van der Waals surface area contributed by atoms with Gasteiger partial charge in [-0.1, -0.05) is 0 Å². The van der Waals surface area contributed by atoms with Gasteiger partial charge in [0.2, 0.25) is 11.7 Å². The minimum atomic E-state index is -1.21. The van der Waals surface area contributed by atoms with Crippen LogP contribution in [-0.2, 0) is 4.79 Å². The van der Waals surface area contributed by atoms with Crippen LogP contribution < -0.4 is 10.6 Å². The van der Waals surface area contributed by atoms with Gasteiger partial charge in [-0.3, -0.25) is 4.79 Å². The van der Waals surface area contributed by atoms with Crippen LogP contribution in [0.1, 0.15) is 10.6 Å². The van der Waals surface area contributed by atoms with Gasteiger partial charge in [0.15, 0.2) is 0 Å². The number of carbonyl (C=O) groups is 2. The number of aromatic carboxylic acids is 1. The van der Waals surface area contributed by atoms with E-state index in [1.165, 1.54) is 6.26 Å². The Labute approximate surface area is 97.4 Å². The van der Waals surface area contributed by atoms with Gasteiger partial charge in [0, 0.05) is 6.54 Å². The lowest BCUT2D eigenvalue weighted by Gasteiger charge is -2.26. The van der Waals surface area contributed by atoms with E-state index in [4.69, 9.17) is 9.52 Å². The van der Waals surface area contributed by atoms with Crippen molar-refractivity contribution in [3.63, 3.8) is 0 Å². The normalized spacial score (nSPS) is 18.5. The van der Waals surface area contributed by atoms with Gasteiger partial charge in [0.1, 0.15) is 18.0 Å². The summed E-state index contributed by atoms with van der Waals surface area (Å²) in [7, 11) is 3.70. The van der Waals surface area contributed by atoms with E-state index in [9.17, 15) is 9.59 Å². The third-order valence-electron chi connectivity index (χ3n) is 2.43. The van der Waals surface area contributed by atoms with Crippen LogP contribution in [0.2, 0.25) is 0 Å². The summed E-state index contributed by atoms with van der Waals surface area (Å²) in [5.74, 6) is -1.74. The Morgan fingerprint density at radius 2 is 2.29 bits per heavy atom. The van der Waals surface area contributed by atoms with E-state index >= 15 is 0 Å². The number of furan rings is 1. The number of hydrogen-bond donors (Lipinski definition) is 3. The quantitative estimate of drug-likeness (QED) is 0.701. The summed E-state index contributed by atoms with van der Waals surface area (Å²) in [5.41, 5.74) is 0.686. The van der Waals surface area contributed by atoms with E-state index in [-0.39, 0.29) is 17.4 Å². The largest absolute Gasteiger partial charge is 0.475 e. The number of hydrogen-bond acceptors (Lipinski definition) is 5. The molecule has 92 valence electrons. The predicted octanol–water partition coefficient (Wildman–Crippen LogP) is 0.272. The van der Waals surface area contributed by atoms with Gasteiger partial charge in [-0.05, 0) is 14.1 Å². The highest BCUT2D eigenvalue weighted by atomic mass is 16.4. The molecule has 7 heteroatoms. The van der Waals surface area contributed by atoms with E-state index in [2.05, 4.69) is 10.6 Å². The van der Waals surface area contributed by atoms with Crippen LogP contribution in [0.4, 0.5) is 11.4 Å². The van der Waals surface area contributed by atoms with Crippen LogP contribution >= 0.6 is 0 Å². The minimum Gasteiger partial charge on any atom is -0.475 e. The number of nitrogens with one attached hydrogen (secondary N) is 2. The first-order valence-electron chi connectivity index (χ1n) is 5.06. The molecule has 1 atom stereocenters. The third-order valence-corrected chi connectivity index (χ3v) is 2.43. The van der Waals surface area contributed by atoms with Crippen molar-refractivity contribution in [3.8, 4) is 0 Å². The number of carboxylic acid groups (broad SMARTS) is 1. The Kier molecular flexibility index (Phi) is 2.76. The summed E-state index contributed by atoms with van der Waals surface area (Å²) in [6, 6.07) is -0.420. The van der Waals surface area contributed by atoms with Crippen molar-refractivity contribution in [2.45, 2.75) is 6.04 Å². The average Bonchev–Trinajstić information content (AvgIpc) is 2.60. The van der Waals surface area contributed by atoms with Crippen molar-refractivity contribution in [2.24, 2.45) is 0 Å². The van der Waals surface area contributed by atoms with Gasteiger partial charge in [-0.2, -0.15) is 0 Å². The fourth-order valence-electron chi connectivity index (χ4n) is 1.70. The van der Waals surface area contributed by atoms with E-state index in [1.54, 1.807) is 0 Å². The molecule has 0 aromatic carbocycles. The second-order valence-electron chi connectivity index (χ2n) is 4.11. The van der Waals surface area contributed by atoms with E-state index in [1.807, 2.05) is 19.0 Å². The molecule has 0 radical (unpaired) electrons. The van der Waals surface area contributed by atoms with E-state index < -0.39 is 12.0 Å². The zero-order chi connectivity index (χ0) is 12.6. The van der Waals surface area contributed by atoms with Crippen LogP contribution in [0, 0.1) is 0 Å². The molecule has 1 aromatic heterocycles. The van der Waals surface area contributed by atoms with Gasteiger partial charge >= 0.3 is 5.97 Å². The zero-order valence-corrected chi connectivity index (χ0v) is 9.48. The van der Waals surface area contributed by atoms with Gasteiger partial charge in [0.25, 0.3) is 0 Å². The molecule has 1 amide bonds. The first-order valence-corrected chi connectivity index (χ1v) is 5.06. The maximum Gasteiger partial charge on any atom is 0.374 e. The molecule has 0 bridgehead atoms. The summed E-state index contributed by atoms with van der Waals surface area (Å²) in [5, 5.41) is 14.3. The average molecular weight is 239 g/mol. The molecule has 0 fully saturated rings. The van der Waals surface area contributed by atoms with Crippen molar-refractivity contribution >= 4 is 23.3 Å². The highest BCUT2D eigenvalue weighted by Gasteiger charge is 2.31. The molecule has 1 unspecified atom stereocenters. The molecular weight excluding hydrogens is 226 g/mol. The van der Waals surface area contributed by atoms with Crippen molar-refractivity contribution in [3.05, 3.63) is 12.0 Å². The van der Waals surface area contributed by atoms with Gasteiger partial charge in [0.05, 0.1) is 5.69 Å². The van der Waals surface area contributed by atoms with Crippen molar-refractivity contribution in [2.75, 3.05) is 31.3 Å². The fourth-order valence-corrected chi connectivity index (χ4v) is 1.70. The molecule has 0 saturated heterocycles. The van der Waals surface area contributed by atoms with Crippen LogP contribution in [0.15, 0.2) is 10.7 Å². The maximum atomic E-state index is 11.7. The SMILES string of the molecule is CN(C)CC1Nc2coc(C(=O)O)c2NC1=O. The monoisotopic (exact) mass is 239 g/mol. The summed E-state index contributed by atoms with van der Waals surface area (Å²) in [6.45, 7) is 0.513. The molecular formula is C10H13N3O4. The molecule has 2 heterocycles. The number of anilines is 2. The van der Waals surface area contributed by atoms with E-state index in [0.29, 0.717) is 12.2 Å². The second kappa shape index (κ2) is 4.10. The number of fused-ring (bicyclic) bond motifs is 1. The Balaban J connectivity index is 2.25. The smallest absolute Gasteiger partial charge is 0.374 e. The maximum absolute atomic E-state index is 11.7. The molecule has 1 aliphatic rings. The molecule has 2 rings (SSSR count). The number of nitrogens with zero attached hydrogens (tertiary/aromatic N) is 1. The van der Waals surface area contributed by atoms with Crippen LogP contribution in [0.3, 0.4) is 0 Å². The lowest BCUT2D eigenvalue weighted by molar-refractivity contribution is -0.117. The minimum absolute atomic E-state index is 0.192. The predicted molar refractivity (Wildman–Crippen MR) is 60.3 cm³/mol. The number of amides is 1. The van der Waals surface area contributed by atoms with Gasteiger partial charge < -0.3 is 25.1 Å². The van der Waals surface area contributed by atoms with Crippen LogP contribution in [-0.4, -0.2) is 48.6 Å². The van der Waals surface area contributed by atoms with Crippen LogP contribution in [0.5, 0.6) is 0 Å². The second-order valence-corrected chi connectivity index (χ2v) is 4.11. The molecule has 0 aliphatic carbocycles. The number of likely N-dealkylation sites (N-methyl/N-ethyl adjacent to an activating group) is 1. The Hall–Kier alpha value is -2.02. The fraction of sp³-hybridized carbons (Fsp3) is 0.400. The molecule has 7 nitrogen and oxygen atoms in total. The number of carbonyl (C=O) groups excluding carboxylic acids is 1. The summed E-state index contributed by atoms with van der Waals surface area (Å²) in [6.07, 6.45) is 1.29. The molecule has 3 N–H and O–H groups in total.